The van der Waals surface area contributed by atoms with Crippen molar-refractivity contribution >= 4 is 47.4 Å². The molecule has 6 nitrogen and oxygen atoms in total. The number of anilines is 1. The van der Waals surface area contributed by atoms with Crippen molar-refractivity contribution in [3.63, 3.8) is 0 Å². The Hall–Kier alpha value is -1.58. The molecule has 2 aromatic rings. The van der Waals surface area contributed by atoms with Crippen molar-refractivity contribution in [2.24, 2.45) is 4.99 Å². The molecular weight excluding hydrogens is 535 g/mol. The Bertz CT molecular complexity index is 892. The Balaban J connectivity index is 0.00000289. The molecule has 2 fully saturated rings. The topological polar surface area (TPSA) is 55.8 Å². The highest BCUT2D eigenvalue weighted by Gasteiger charge is 2.44. The van der Waals surface area contributed by atoms with Gasteiger partial charge < -0.3 is 20.4 Å². The molecule has 0 atom stereocenters. The summed E-state index contributed by atoms with van der Waals surface area (Å²) in [5, 5.41) is 7.71. The fourth-order valence-electron chi connectivity index (χ4n) is 4.03. The number of guanidine groups is 1. The van der Waals surface area contributed by atoms with Crippen molar-refractivity contribution in [3.8, 4) is 0 Å². The van der Waals surface area contributed by atoms with E-state index in [0.717, 1.165) is 61.6 Å². The lowest BCUT2D eigenvalue weighted by Crippen LogP contribution is -2.44. The molecule has 0 amide bonds. The Kier molecular flexibility index (Phi) is 9.02. The lowest BCUT2D eigenvalue weighted by molar-refractivity contribution is 0.312. The van der Waals surface area contributed by atoms with Gasteiger partial charge in [0.05, 0.1) is 6.54 Å². The van der Waals surface area contributed by atoms with Crippen LogP contribution in [0.15, 0.2) is 47.6 Å². The predicted octanol–water partition coefficient (Wildman–Crippen LogP) is 3.89. The second-order valence-electron chi connectivity index (χ2n) is 8.65. The molecule has 0 bridgehead atoms. The summed E-state index contributed by atoms with van der Waals surface area (Å²) in [6.07, 6.45) is 4.31. The molecular formula is C24H34ClIN6. The van der Waals surface area contributed by atoms with Crippen molar-refractivity contribution in [1.82, 2.24) is 20.5 Å². The average Bonchev–Trinajstić information content (AvgIpc) is 3.58. The zero-order valence-corrected chi connectivity index (χ0v) is 22.1. The summed E-state index contributed by atoms with van der Waals surface area (Å²) in [5.74, 6) is 1.90. The summed E-state index contributed by atoms with van der Waals surface area (Å²) < 4.78 is 0. The van der Waals surface area contributed by atoms with Gasteiger partial charge >= 0.3 is 0 Å². The van der Waals surface area contributed by atoms with Gasteiger partial charge in [0.2, 0.25) is 0 Å². The van der Waals surface area contributed by atoms with Gasteiger partial charge in [-0.25, -0.2) is 9.98 Å². The maximum atomic E-state index is 6.21. The maximum Gasteiger partial charge on any atom is 0.191 e. The maximum absolute atomic E-state index is 6.21. The molecule has 4 rings (SSSR count). The molecule has 32 heavy (non-hydrogen) atoms. The summed E-state index contributed by atoms with van der Waals surface area (Å²) in [4.78, 5) is 14.2. The van der Waals surface area contributed by atoms with Crippen LogP contribution < -0.4 is 15.5 Å². The number of nitrogens with zero attached hydrogens (tertiary/aromatic N) is 4. The van der Waals surface area contributed by atoms with Gasteiger partial charge in [0.1, 0.15) is 5.82 Å². The van der Waals surface area contributed by atoms with Crippen LogP contribution in [0.3, 0.4) is 0 Å². The lowest BCUT2D eigenvalue weighted by Gasteiger charge is -2.33. The average molecular weight is 569 g/mol. The van der Waals surface area contributed by atoms with Gasteiger partial charge in [-0.3, -0.25) is 0 Å². The molecule has 2 heterocycles. The Labute approximate surface area is 213 Å². The number of halogens is 2. The van der Waals surface area contributed by atoms with E-state index in [4.69, 9.17) is 16.6 Å². The van der Waals surface area contributed by atoms with Crippen molar-refractivity contribution in [2.75, 3.05) is 51.2 Å². The number of aliphatic imine (C=N–C) groups is 1. The summed E-state index contributed by atoms with van der Waals surface area (Å²) in [6, 6.07) is 12.5. The van der Waals surface area contributed by atoms with Crippen molar-refractivity contribution in [1.29, 1.82) is 0 Å². The first-order chi connectivity index (χ1) is 15.1. The van der Waals surface area contributed by atoms with Gasteiger partial charge in [0, 0.05) is 55.9 Å². The molecule has 1 aliphatic heterocycles. The largest absolute Gasteiger partial charge is 0.357 e. The van der Waals surface area contributed by atoms with Crippen LogP contribution in [-0.2, 0) is 12.0 Å². The molecule has 1 aromatic carbocycles. The molecule has 2 N–H and O–H groups in total. The first-order valence-electron chi connectivity index (χ1n) is 11.2. The van der Waals surface area contributed by atoms with Gasteiger partial charge in [-0.15, -0.1) is 24.0 Å². The second-order valence-corrected chi connectivity index (χ2v) is 9.09. The molecule has 1 aromatic heterocycles. The number of nitrogens with one attached hydrogen (secondary N) is 2. The van der Waals surface area contributed by atoms with Crippen LogP contribution >= 0.6 is 35.6 Å². The van der Waals surface area contributed by atoms with Gasteiger partial charge in [-0.2, -0.15) is 0 Å². The fourth-order valence-corrected chi connectivity index (χ4v) is 4.22. The van der Waals surface area contributed by atoms with E-state index >= 15 is 0 Å². The highest BCUT2D eigenvalue weighted by atomic mass is 127. The molecule has 1 aliphatic carbocycles. The minimum atomic E-state index is 0. The van der Waals surface area contributed by atoms with Gasteiger partial charge in [-0.1, -0.05) is 29.8 Å². The third kappa shape index (κ3) is 6.48. The number of hydrogen-bond donors (Lipinski definition) is 2. The number of benzene rings is 1. The Morgan fingerprint density at radius 2 is 1.91 bits per heavy atom. The highest BCUT2D eigenvalue weighted by molar-refractivity contribution is 14.0. The predicted molar refractivity (Wildman–Crippen MR) is 145 cm³/mol. The van der Waals surface area contributed by atoms with Gasteiger partial charge in [0.15, 0.2) is 5.96 Å². The van der Waals surface area contributed by atoms with E-state index in [1.807, 2.05) is 18.3 Å². The molecule has 2 aliphatic rings. The number of likely N-dealkylation sites (N-methyl/N-ethyl adjacent to an activating group) is 1. The first kappa shape index (κ1) is 25.1. The Morgan fingerprint density at radius 3 is 2.53 bits per heavy atom. The highest BCUT2D eigenvalue weighted by Crippen LogP contribution is 2.48. The van der Waals surface area contributed by atoms with E-state index in [-0.39, 0.29) is 29.4 Å². The molecule has 0 unspecified atom stereocenters. The summed E-state index contributed by atoms with van der Waals surface area (Å²) in [5.41, 5.74) is 2.60. The normalized spacial score (nSPS) is 18.1. The zero-order chi connectivity index (χ0) is 21.7. The Morgan fingerprint density at radius 1 is 1.12 bits per heavy atom. The quantitative estimate of drug-likeness (QED) is 0.302. The molecule has 0 radical (unpaired) electrons. The van der Waals surface area contributed by atoms with Crippen LogP contribution in [-0.4, -0.2) is 62.2 Å². The minimum absolute atomic E-state index is 0. The summed E-state index contributed by atoms with van der Waals surface area (Å²) in [7, 11) is 2.17. The van der Waals surface area contributed by atoms with Crippen LogP contribution in [0.1, 0.15) is 30.9 Å². The minimum Gasteiger partial charge on any atom is -0.357 e. The van der Waals surface area contributed by atoms with E-state index < -0.39 is 0 Å². The van der Waals surface area contributed by atoms with Crippen LogP contribution in [0.25, 0.3) is 0 Å². The number of hydrogen-bond acceptors (Lipinski definition) is 4. The smallest absolute Gasteiger partial charge is 0.191 e. The molecule has 0 spiro atoms. The van der Waals surface area contributed by atoms with E-state index in [2.05, 4.69) is 63.7 Å². The standard InChI is InChI=1S/C24H33ClN6.HI/c1-3-26-23(29-18-24(9-10-24)20-5-4-6-21(25)15-20)28-17-19-7-8-22(27-16-19)31-13-11-30(2)12-14-31;/h4-8,15-16H,3,9-14,17-18H2,1-2H3,(H2,26,28,29);1H. The lowest BCUT2D eigenvalue weighted by atomic mass is 9.96. The van der Waals surface area contributed by atoms with Gasteiger partial charge in [-0.05, 0) is 56.1 Å². The number of rotatable bonds is 7. The van der Waals surface area contributed by atoms with E-state index in [1.165, 1.54) is 18.4 Å². The first-order valence-corrected chi connectivity index (χ1v) is 11.6. The SMILES string of the molecule is CCNC(=NCc1ccc(N2CCN(C)CC2)nc1)NCC1(c2cccc(Cl)c2)CC1.I. The van der Waals surface area contributed by atoms with Crippen LogP contribution in [0.2, 0.25) is 5.02 Å². The third-order valence-electron chi connectivity index (χ3n) is 6.29. The van der Waals surface area contributed by atoms with E-state index in [1.54, 1.807) is 0 Å². The van der Waals surface area contributed by atoms with Crippen LogP contribution in [0, 0.1) is 0 Å². The number of piperazine rings is 1. The van der Waals surface area contributed by atoms with E-state index in [9.17, 15) is 0 Å². The zero-order valence-electron chi connectivity index (χ0n) is 19.0. The molecule has 1 saturated carbocycles. The third-order valence-corrected chi connectivity index (χ3v) is 6.52. The summed E-state index contributed by atoms with van der Waals surface area (Å²) in [6.45, 7) is 8.62. The molecule has 1 saturated heterocycles. The van der Waals surface area contributed by atoms with Crippen LogP contribution in [0.5, 0.6) is 0 Å². The number of pyridine rings is 1. The number of aromatic nitrogens is 1. The van der Waals surface area contributed by atoms with Crippen molar-refractivity contribution in [2.45, 2.75) is 31.7 Å². The fraction of sp³-hybridized carbons (Fsp3) is 0.500. The molecule has 174 valence electrons. The molecule has 8 heteroatoms. The van der Waals surface area contributed by atoms with E-state index in [0.29, 0.717) is 6.54 Å². The second kappa shape index (κ2) is 11.5. The van der Waals surface area contributed by atoms with Crippen molar-refractivity contribution < 1.29 is 0 Å². The van der Waals surface area contributed by atoms with Crippen LogP contribution in [0.4, 0.5) is 5.82 Å². The van der Waals surface area contributed by atoms with Gasteiger partial charge in [0.25, 0.3) is 0 Å². The van der Waals surface area contributed by atoms with Crippen molar-refractivity contribution in [3.05, 3.63) is 58.7 Å². The summed E-state index contributed by atoms with van der Waals surface area (Å²) >= 11 is 6.21. The monoisotopic (exact) mass is 568 g/mol.